The van der Waals surface area contributed by atoms with Crippen molar-refractivity contribution in [2.75, 3.05) is 6.54 Å². The fourth-order valence-corrected chi connectivity index (χ4v) is 3.47. The van der Waals surface area contributed by atoms with Crippen LogP contribution in [0.5, 0.6) is 0 Å². The monoisotopic (exact) mass is 301 g/mol. The zero-order valence-corrected chi connectivity index (χ0v) is 14.3. The van der Waals surface area contributed by atoms with Crippen molar-refractivity contribution in [2.45, 2.75) is 40.7 Å². The van der Waals surface area contributed by atoms with E-state index >= 15 is 0 Å². The molecule has 0 aliphatic heterocycles. The van der Waals surface area contributed by atoms with Crippen molar-refractivity contribution in [3.05, 3.63) is 68.7 Å². The van der Waals surface area contributed by atoms with Gasteiger partial charge in [0.2, 0.25) is 0 Å². The SMILES string of the molecule is CCNC(c1cc(C)cc(Cl)c1)c1c(C)cc(C)cc1C. The van der Waals surface area contributed by atoms with Crippen LogP contribution in [0.4, 0.5) is 0 Å². The summed E-state index contributed by atoms with van der Waals surface area (Å²) in [5, 5.41) is 4.41. The van der Waals surface area contributed by atoms with Gasteiger partial charge in [-0.1, -0.05) is 42.3 Å². The molecule has 0 amide bonds. The summed E-state index contributed by atoms with van der Waals surface area (Å²) in [6.07, 6.45) is 0. The molecule has 0 aliphatic carbocycles. The predicted octanol–water partition coefficient (Wildman–Crippen LogP) is 5.27. The Hall–Kier alpha value is -1.31. The van der Waals surface area contributed by atoms with E-state index in [0.717, 1.165) is 11.6 Å². The van der Waals surface area contributed by atoms with Gasteiger partial charge in [0.25, 0.3) is 0 Å². The van der Waals surface area contributed by atoms with Crippen LogP contribution in [-0.4, -0.2) is 6.54 Å². The Morgan fingerprint density at radius 2 is 1.48 bits per heavy atom. The smallest absolute Gasteiger partial charge is 0.0582 e. The predicted molar refractivity (Wildman–Crippen MR) is 92.4 cm³/mol. The van der Waals surface area contributed by atoms with Gasteiger partial charge in [0.1, 0.15) is 0 Å². The van der Waals surface area contributed by atoms with Crippen LogP contribution in [0.25, 0.3) is 0 Å². The third kappa shape index (κ3) is 3.66. The summed E-state index contributed by atoms with van der Waals surface area (Å²) in [5.41, 5.74) is 7.77. The molecule has 0 bridgehead atoms. The molecular formula is C19H24ClN. The van der Waals surface area contributed by atoms with Crippen LogP contribution >= 0.6 is 11.6 Å². The number of benzene rings is 2. The van der Waals surface area contributed by atoms with E-state index in [9.17, 15) is 0 Å². The minimum absolute atomic E-state index is 0.188. The van der Waals surface area contributed by atoms with Crippen molar-refractivity contribution >= 4 is 11.6 Å². The summed E-state index contributed by atoms with van der Waals surface area (Å²) in [6, 6.07) is 11.0. The lowest BCUT2D eigenvalue weighted by Gasteiger charge is -2.24. The first kappa shape index (κ1) is 16.1. The van der Waals surface area contributed by atoms with Crippen molar-refractivity contribution in [1.82, 2.24) is 5.32 Å². The second kappa shape index (κ2) is 6.64. The van der Waals surface area contributed by atoms with Crippen molar-refractivity contribution in [2.24, 2.45) is 0 Å². The summed E-state index contributed by atoms with van der Waals surface area (Å²) in [6.45, 7) is 11.7. The first-order valence-corrected chi connectivity index (χ1v) is 7.88. The molecule has 2 rings (SSSR count). The molecular weight excluding hydrogens is 278 g/mol. The van der Waals surface area contributed by atoms with E-state index in [1.165, 1.54) is 33.4 Å². The van der Waals surface area contributed by atoms with E-state index in [2.05, 4.69) is 64.2 Å². The van der Waals surface area contributed by atoms with Crippen LogP contribution < -0.4 is 5.32 Å². The van der Waals surface area contributed by atoms with Gasteiger partial charge in [0.05, 0.1) is 6.04 Å². The number of nitrogens with one attached hydrogen (secondary N) is 1. The maximum Gasteiger partial charge on any atom is 0.0582 e. The highest BCUT2D eigenvalue weighted by Gasteiger charge is 2.18. The molecule has 0 spiro atoms. The Kier molecular flexibility index (Phi) is 5.08. The number of rotatable bonds is 4. The molecule has 0 fully saturated rings. The fourth-order valence-electron chi connectivity index (χ4n) is 3.17. The first-order valence-electron chi connectivity index (χ1n) is 7.50. The van der Waals surface area contributed by atoms with Crippen molar-refractivity contribution in [3.63, 3.8) is 0 Å². The summed E-state index contributed by atoms with van der Waals surface area (Å²) in [4.78, 5) is 0. The summed E-state index contributed by atoms with van der Waals surface area (Å²) in [5.74, 6) is 0. The third-order valence-corrected chi connectivity index (χ3v) is 4.05. The van der Waals surface area contributed by atoms with Gasteiger partial charge in [-0.15, -0.1) is 0 Å². The Labute approximate surface area is 133 Å². The highest BCUT2D eigenvalue weighted by atomic mass is 35.5. The molecule has 2 aromatic rings. The Bertz CT molecular complexity index is 603. The van der Waals surface area contributed by atoms with E-state index in [0.29, 0.717) is 0 Å². The van der Waals surface area contributed by atoms with Gasteiger partial charge in [0, 0.05) is 5.02 Å². The van der Waals surface area contributed by atoms with Crippen LogP contribution in [0.15, 0.2) is 30.3 Å². The molecule has 0 saturated heterocycles. The lowest BCUT2D eigenvalue weighted by Crippen LogP contribution is -2.24. The summed E-state index contributed by atoms with van der Waals surface area (Å²) in [7, 11) is 0. The second-order valence-corrected chi connectivity index (χ2v) is 6.30. The largest absolute Gasteiger partial charge is 0.307 e. The van der Waals surface area contributed by atoms with Crippen molar-refractivity contribution in [1.29, 1.82) is 0 Å². The van der Waals surface area contributed by atoms with Crippen LogP contribution in [0.2, 0.25) is 5.02 Å². The first-order chi connectivity index (χ1) is 9.92. The second-order valence-electron chi connectivity index (χ2n) is 5.86. The van der Waals surface area contributed by atoms with Gasteiger partial charge >= 0.3 is 0 Å². The van der Waals surface area contributed by atoms with Gasteiger partial charge < -0.3 is 5.32 Å². The molecule has 1 unspecified atom stereocenters. The normalized spacial score (nSPS) is 12.5. The zero-order valence-electron chi connectivity index (χ0n) is 13.5. The standard InChI is InChI=1S/C19H24ClN/c1-6-21-19(16-9-13(3)10-17(20)11-16)18-14(4)7-12(2)8-15(18)5/h7-11,19,21H,6H2,1-5H3. The van der Waals surface area contributed by atoms with Gasteiger partial charge in [0.15, 0.2) is 0 Å². The number of hydrogen-bond donors (Lipinski definition) is 1. The van der Waals surface area contributed by atoms with E-state index in [1.807, 2.05) is 6.07 Å². The molecule has 2 aromatic carbocycles. The minimum atomic E-state index is 0.188. The maximum absolute atomic E-state index is 6.26. The van der Waals surface area contributed by atoms with Crippen LogP contribution in [-0.2, 0) is 0 Å². The van der Waals surface area contributed by atoms with Crippen molar-refractivity contribution in [3.8, 4) is 0 Å². The molecule has 21 heavy (non-hydrogen) atoms. The summed E-state index contributed by atoms with van der Waals surface area (Å²) < 4.78 is 0. The lowest BCUT2D eigenvalue weighted by atomic mass is 9.89. The molecule has 0 heterocycles. The van der Waals surface area contributed by atoms with Crippen LogP contribution in [0.1, 0.15) is 46.3 Å². The number of aryl methyl sites for hydroxylation is 4. The Morgan fingerprint density at radius 1 is 0.905 bits per heavy atom. The Morgan fingerprint density at radius 3 is 2.00 bits per heavy atom. The maximum atomic E-state index is 6.26. The molecule has 112 valence electrons. The highest BCUT2D eigenvalue weighted by Crippen LogP contribution is 2.30. The molecule has 0 saturated carbocycles. The fraction of sp³-hybridized carbons (Fsp3) is 0.368. The van der Waals surface area contributed by atoms with E-state index in [-0.39, 0.29) is 6.04 Å². The topological polar surface area (TPSA) is 12.0 Å². The van der Waals surface area contributed by atoms with Crippen LogP contribution in [0.3, 0.4) is 0 Å². The van der Waals surface area contributed by atoms with E-state index < -0.39 is 0 Å². The lowest BCUT2D eigenvalue weighted by molar-refractivity contribution is 0.624. The summed E-state index contributed by atoms with van der Waals surface area (Å²) >= 11 is 6.26. The average Bonchev–Trinajstić information content (AvgIpc) is 2.35. The highest BCUT2D eigenvalue weighted by molar-refractivity contribution is 6.30. The number of halogens is 1. The van der Waals surface area contributed by atoms with E-state index in [1.54, 1.807) is 0 Å². The number of hydrogen-bond acceptors (Lipinski definition) is 1. The van der Waals surface area contributed by atoms with Gasteiger partial charge in [-0.05, 0) is 74.2 Å². The third-order valence-electron chi connectivity index (χ3n) is 3.83. The molecule has 2 heteroatoms. The molecule has 0 radical (unpaired) electrons. The van der Waals surface area contributed by atoms with Crippen molar-refractivity contribution < 1.29 is 0 Å². The molecule has 1 nitrogen and oxygen atoms in total. The van der Waals surface area contributed by atoms with Gasteiger partial charge in [-0.3, -0.25) is 0 Å². The van der Waals surface area contributed by atoms with Gasteiger partial charge in [-0.2, -0.15) is 0 Å². The minimum Gasteiger partial charge on any atom is -0.307 e. The molecule has 1 N–H and O–H groups in total. The molecule has 0 aromatic heterocycles. The average molecular weight is 302 g/mol. The molecule has 1 atom stereocenters. The van der Waals surface area contributed by atoms with E-state index in [4.69, 9.17) is 11.6 Å². The molecule has 0 aliphatic rings. The Balaban J connectivity index is 2.58. The van der Waals surface area contributed by atoms with Crippen LogP contribution in [0, 0.1) is 27.7 Å². The van der Waals surface area contributed by atoms with Gasteiger partial charge in [-0.25, -0.2) is 0 Å². The quantitative estimate of drug-likeness (QED) is 0.811. The zero-order chi connectivity index (χ0) is 15.6.